The monoisotopic (exact) mass is 825 g/mol. The molecule has 0 aromatic heterocycles. The van der Waals surface area contributed by atoms with Crippen LogP contribution in [0.5, 0.6) is 11.5 Å². The van der Waals surface area contributed by atoms with Crippen molar-refractivity contribution in [3.63, 3.8) is 0 Å². The van der Waals surface area contributed by atoms with Crippen LogP contribution < -0.4 is 9.47 Å². The topological polar surface area (TPSA) is 38.8 Å². The first kappa shape index (κ1) is 34.5. The molecular weight excluding hydrogens is 542 g/mol. The average molecular weight is 826 g/mol. The fourth-order valence-corrected chi connectivity index (χ4v) is 8.82. The van der Waals surface area contributed by atoms with Gasteiger partial charge in [-0.05, 0) is 128 Å². The van der Waals surface area contributed by atoms with Gasteiger partial charge in [-0.15, -0.1) is 0 Å². The molecule has 0 saturated carbocycles. The molecule has 1 aliphatic carbocycles. The van der Waals surface area contributed by atoms with E-state index in [1.165, 1.54) is 11.1 Å². The molecule has 1 saturated heterocycles. The highest BCUT2D eigenvalue weighted by Crippen LogP contribution is 2.62. The average Bonchev–Trinajstić information content (AvgIpc) is 3.04. The van der Waals surface area contributed by atoms with Gasteiger partial charge in [-0.25, -0.2) is 0 Å². The van der Waals surface area contributed by atoms with E-state index >= 15 is 0 Å². The number of piperidine rings is 1. The molecule has 0 spiro atoms. The van der Waals surface area contributed by atoms with Crippen molar-refractivity contribution in [3.05, 3.63) is 58.1 Å². The molecule has 1 heterocycles. The molecule has 2 aromatic rings. The minimum atomic E-state index is -0.386. The summed E-state index contributed by atoms with van der Waals surface area (Å²) in [5, 5.41) is 0. The molecule has 1 aliphatic heterocycles. The Morgan fingerprint density at radius 1 is 0.977 bits per heavy atom. The lowest BCUT2D eigenvalue weighted by atomic mass is 9.49. The van der Waals surface area contributed by atoms with E-state index in [0.717, 1.165) is 41.8 Å². The van der Waals surface area contributed by atoms with Crippen LogP contribution in [0.3, 0.4) is 0 Å². The van der Waals surface area contributed by atoms with Gasteiger partial charge < -0.3 is 9.47 Å². The molecule has 4 rings (SSSR count). The number of aryl methyl sites for hydroxylation is 1. The Labute approximate surface area is 432 Å². The molecule has 4 nitrogen and oxygen atoms in total. The van der Waals surface area contributed by atoms with E-state index in [2.05, 4.69) is 126 Å². The number of ether oxygens (including phenoxy) is 2. The summed E-state index contributed by atoms with van der Waals surface area (Å²) < 4.78 is 12.8. The number of fused-ring (bicyclic) bond motifs is 1. The lowest BCUT2D eigenvalue weighted by molar-refractivity contribution is -0.164. The Balaban J connectivity index is -0.00000000191. The fourth-order valence-electron chi connectivity index (χ4n) is 8.82. The molecule has 0 N–H and O–H groups in total. The fraction of sp³-hybridized carbons (Fsp3) is 0.675. The van der Waals surface area contributed by atoms with Crippen LogP contribution in [0.15, 0.2) is 30.3 Å². The lowest BCUT2D eigenvalue weighted by Crippen LogP contribution is -2.69. The number of hydrogen-bond acceptors (Lipinski definition) is 4. The molecule has 0 amide bonds. The smallest absolute Gasteiger partial charge is 0.167 e. The zero-order valence-corrected chi connectivity index (χ0v) is 30.8. The van der Waals surface area contributed by atoms with Crippen molar-refractivity contribution in [2.24, 2.45) is 16.7 Å². The second-order valence-electron chi connectivity index (χ2n) is 17.5. The van der Waals surface area contributed by atoms with Crippen LogP contribution in [0, 0.1) is 30.6 Å². The normalized spacial score (nSPS) is 24.8. The zero-order valence-electron chi connectivity index (χ0n) is 30.8. The summed E-state index contributed by atoms with van der Waals surface area (Å²) in [5.41, 5.74) is 4.61. The van der Waals surface area contributed by atoms with Crippen molar-refractivity contribution >= 4 is 5.78 Å². The van der Waals surface area contributed by atoms with Crippen LogP contribution in [0.1, 0.15) is 299 Å². The Kier molecular flexibility index (Phi) is 8.55. The van der Waals surface area contributed by atoms with Crippen LogP contribution in [0.2, 0.25) is 0 Å². The summed E-state index contributed by atoms with van der Waals surface area (Å²) in [4.78, 5) is 17.3. The maximum absolute atomic E-state index is 14.5. The molecule has 0 radical (unpaired) electrons. The van der Waals surface area contributed by atoms with E-state index in [0.29, 0.717) is 5.75 Å². The molecular formula is C40H281NO3. The summed E-state index contributed by atoms with van der Waals surface area (Å²) in [7, 11) is 0. The van der Waals surface area contributed by atoms with Crippen molar-refractivity contribution in [2.75, 3.05) is 6.54 Å². The lowest BCUT2D eigenvalue weighted by Gasteiger charge is -2.66. The molecule has 44 heavy (non-hydrogen) atoms. The molecule has 2 aromatic carbocycles. The van der Waals surface area contributed by atoms with Crippen molar-refractivity contribution in [3.8, 4) is 11.5 Å². The molecule has 0 bridgehead atoms. The van der Waals surface area contributed by atoms with Crippen molar-refractivity contribution in [1.29, 1.82) is 0 Å². The van der Waals surface area contributed by atoms with Gasteiger partial charge in [-0.1, -0.05) is 58.9 Å². The van der Waals surface area contributed by atoms with Crippen LogP contribution in [-0.4, -0.2) is 34.5 Å². The summed E-state index contributed by atoms with van der Waals surface area (Å²) >= 11 is 0. The number of carbonyl (C=O) groups excluding carboxylic acids is 1. The molecule has 2 aliphatic rings. The second-order valence-corrected chi connectivity index (χ2v) is 17.5. The van der Waals surface area contributed by atoms with Crippen LogP contribution >= 0.6 is 0 Å². The van der Waals surface area contributed by atoms with E-state index in [1.54, 1.807) is 0 Å². The molecule has 464 valence electrons. The quantitative estimate of drug-likeness (QED) is 0.279. The van der Waals surface area contributed by atoms with Gasteiger partial charge in [0.25, 0.3) is 0 Å². The SMILES string of the molecule is Cc1ccccc1C(C)(C)N1CCC(C)(CC2C(=O)c3cc(OC(C)C)c(OC(C)(C)C)c(C)c3C2(C)C)C(C)(C)C1(C)C.[HH].[HH].[HH].[HH].[HH].[HH].[HH].[HH].[HH].[HH].[HH].[HH].[HH].[HH].[HH].[HH].[HH].[HH].[HH].[HH].[HH].[HH].[HH].[HH].[HH].[HH].[HH].[HH].[HH].[HH].[HH].[HH].[HH].[HH].[HH].[HH].[HH].[HH].[HH].[HH].[HH].[HH].[HH].[HH].[HH].[HH].[HH].[HH].[HH].[HH].[HH].[HH].[HH].[HH].[HH].[HH].[HH].[HH].[HH].[HH].[HH].[HH].[HH].[HH].[HH].[HH].[HH].[HH].[HH].[HH].[HH].[HH].[HH].[HH].[HH].[HH].[HH].[HH].[HH].[HH].[HH].[HH].[HH].[HH].[HH].[HH].[HH].[HH].[HH].[HH].[HH].[HH].[HH].[HH].[HH].[HH].[HH].[HH].[HH].[HH].[HH].[HH].[HH].[HH].[HH].[HH].[HH].[HH].[HH].[HH]. The van der Waals surface area contributed by atoms with Crippen LogP contribution in [0.4, 0.5) is 0 Å². The first-order chi connectivity index (χ1) is 19.9. The van der Waals surface area contributed by atoms with Gasteiger partial charge in [0.05, 0.1) is 6.10 Å². The summed E-state index contributed by atoms with van der Waals surface area (Å²) in [6, 6.07) is 10.8. The second kappa shape index (κ2) is 10.9. The Morgan fingerprint density at radius 2 is 1.57 bits per heavy atom. The number of ketones is 1. The third-order valence-electron chi connectivity index (χ3n) is 12.1. The maximum atomic E-state index is 14.5. The number of carbonyl (C=O) groups is 1. The molecule has 4 heteroatoms. The van der Waals surface area contributed by atoms with Crippen molar-refractivity contribution < 1.29 is 171 Å². The summed E-state index contributed by atoms with van der Waals surface area (Å²) in [5.74, 6) is 1.58. The number of nitrogens with zero attached hydrogens (tertiary/aromatic N) is 1. The van der Waals surface area contributed by atoms with Crippen LogP contribution in [0.25, 0.3) is 0 Å². The highest BCUT2D eigenvalue weighted by atomic mass is 16.5. The van der Waals surface area contributed by atoms with E-state index in [9.17, 15) is 4.79 Å². The molecule has 2 atom stereocenters. The Bertz CT molecular complexity index is 1550. The number of rotatable bonds is 7. The van der Waals surface area contributed by atoms with Gasteiger partial charge in [-0.2, -0.15) is 0 Å². The van der Waals surface area contributed by atoms with E-state index in [1.807, 2.05) is 19.9 Å². The highest BCUT2D eigenvalue weighted by molar-refractivity contribution is 6.05. The first-order valence-corrected chi connectivity index (χ1v) is 16.8. The molecule has 1 fully saturated rings. The Morgan fingerprint density at radius 3 is 2.11 bits per heavy atom. The maximum Gasteiger partial charge on any atom is 0.167 e. The highest BCUT2D eigenvalue weighted by Gasteiger charge is 2.61. The van der Waals surface area contributed by atoms with E-state index < -0.39 is 0 Å². The van der Waals surface area contributed by atoms with Gasteiger partial charge in [0.2, 0.25) is 0 Å². The number of hydrogen-bond donors (Lipinski definition) is 0. The van der Waals surface area contributed by atoms with Crippen molar-refractivity contribution in [1.82, 2.24) is 4.90 Å². The largest absolute Gasteiger partial charge is 0.487 e. The number of Topliss-reactive ketones (excluding diaryl/α,β-unsaturated/α-hetero) is 1. The van der Waals surface area contributed by atoms with Crippen LogP contribution in [-0.2, 0) is 11.0 Å². The third-order valence-corrected chi connectivity index (χ3v) is 12.1. The summed E-state index contributed by atoms with van der Waals surface area (Å²) in [6.07, 6.45) is 1.86. The van der Waals surface area contributed by atoms with Gasteiger partial charge in [0.1, 0.15) is 5.60 Å². The predicted molar refractivity (Wildman–Crippen MR) is 417 cm³/mol. The van der Waals surface area contributed by atoms with Crippen molar-refractivity contribution in [2.45, 2.75) is 152 Å². The third kappa shape index (κ3) is 5.41. The van der Waals surface area contributed by atoms with Gasteiger partial charge in [0, 0.05) is 191 Å². The zero-order chi connectivity index (χ0) is 33.4. The Hall–Kier alpha value is -2.33. The number of benzene rings is 2. The number of likely N-dealkylation sites (tertiary alicyclic amines) is 1. The molecule has 2 unspecified atom stereocenters. The summed E-state index contributed by atoms with van der Waals surface area (Å²) in [6.45, 7) is 37.1. The minimum absolute atomic E-state index is 0. The first-order valence-electron chi connectivity index (χ1n) is 16.8. The van der Waals surface area contributed by atoms with Gasteiger partial charge >= 0.3 is 0 Å². The van der Waals surface area contributed by atoms with Gasteiger partial charge in [0.15, 0.2) is 17.3 Å². The predicted octanol–water partition coefficient (Wildman–Crippen LogP) is 37.3. The standard InChI is InChI=1S/C40H61NO3.110H2/c1-25(2)43-31-23-28-32(27(4)34(31)44-35(5,6)7)36(8,9)30(33(28)42)24-40(16)21-22-41(39(14,15)38(40,12)13)37(10,11)29-20-18-17-19-26(29)3;;;;;;;;;;;;;;;;;;;;;;;;;;;;;;;;;;;;;;;;;;;;;;;;;;;;;;;;;;;;;;;;;;;;;;;;;;;;;;;;;;;;;;;;;;;;;;;;;;;;;;;;;;;;;;/h17-20,23,25,30H,21-22,24H2,1-16H3;110*1H. The van der Waals surface area contributed by atoms with Gasteiger partial charge in [-0.3, -0.25) is 9.69 Å². The van der Waals surface area contributed by atoms with E-state index in [4.69, 9.17) is 9.47 Å². The minimum Gasteiger partial charge on any atom is -0.487 e. The van der Waals surface area contributed by atoms with E-state index in [-0.39, 0.29) is 208 Å².